The largest absolute Gasteiger partial charge is 0.462 e. The van der Waals surface area contributed by atoms with Crippen molar-refractivity contribution in [2.75, 3.05) is 19.8 Å². The van der Waals surface area contributed by atoms with Crippen LogP contribution < -0.4 is 0 Å². The van der Waals surface area contributed by atoms with Crippen molar-refractivity contribution in [1.29, 1.82) is 0 Å². The second-order valence-corrected chi connectivity index (χ2v) is 16.7. The van der Waals surface area contributed by atoms with E-state index < -0.39 is 6.10 Å². The van der Waals surface area contributed by atoms with E-state index in [0.29, 0.717) is 13.0 Å². The van der Waals surface area contributed by atoms with Gasteiger partial charge in [-0.15, -0.1) is 0 Å². The third-order valence-corrected chi connectivity index (χ3v) is 10.8. The number of allylic oxidation sites excluding steroid dienone is 11. The predicted molar refractivity (Wildman–Crippen MR) is 260 cm³/mol. The molecule has 0 saturated carbocycles. The maximum atomic E-state index is 12.7. The maximum Gasteiger partial charge on any atom is 0.310 e. The lowest BCUT2D eigenvalue weighted by Gasteiger charge is -2.18. The molecule has 1 unspecified atom stereocenters. The van der Waals surface area contributed by atoms with Gasteiger partial charge in [-0.05, 0) is 70.6 Å². The molecule has 0 fully saturated rings. The third kappa shape index (κ3) is 48.0. The zero-order chi connectivity index (χ0) is 43.5. The molecule has 0 heterocycles. The standard InChI is InChI=1S/C55H96O5/c1-4-7-10-13-16-19-22-25-27-28-30-31-33-36-39-42-45-48-54(56)59-52-53(51-58-50-47-44-41-38-35-24-21-18-15-12-9-6-3)60-55(57)49-46-43-40-37-34-32-29-26-23-20-17-14-11-8-5-2/h8,11,17,20,25-27,29,34,37,43,46,53H,4-7,9-10,12-16,18-19,21-24,28,30-33,35-36,38-42,44-45,47-52H2,1-3H3/b11-8-,20-17-,27-25-,29-26-,37-34-,46-43-. The van der Waals surface area contributed by atoms with E-state index in [0.717, 1.165) is 64.2 Å². The predicted octanol–water partition coefficient (Wildman–Crippen LogP) is 17.1. The normalized spacial score (nSPS) is 12.8. The van der Waals surface area contributed by atoms with Crippen LogP contribution in [-0.4, -0.2) is 37.9 Å². The minimum absolute atomic E-state index is 0.0437. The van der Waals surface area contributed by atoms with Crippen molar-refractivity contribution in [3.63, 3.8) is 0 Å². The number of hydrogen-bond acceptors (Lipinski definition) is 5. The topological polar surface area (TPSA) is 61.8 Å². The zero-order valence-electron chi connectivity index (χ0n) is 39.7. The molecule has 0 rings (SSSR count). The van der Waals surface area contributed by atoms with Gasteiger partial charge < -0.3 is 14.2 Å². The maximum absolute atomic E-state index is 12.7. The lowest BCUT2D eigenvalue weighted by atomic mass is 10.1. The van der Waals surface area contributed by atoms with Gasteiger partial charge >= 0.3 is 11.9 Å². The second kappa shape index (κ2) is 50.7. The van der Waals surface area contributed by atoms with Crippen LogP contribution in [0, 0.1) is 0 Å². The first kappa shape index (κ1) is 57.3. The number of unbranched alkanes of at least 4 members (excludes halogenated alkanes) is 24. The molecule has 0 amide bonds. The molecule has 0 aromatic rings. The highest BCUT2D eigenvalue weighted by Crippen LogP contribution is 2.14. The van der Waals surface area contributed by atoms with Crippen molar-refractivity contribution in [1.82, 2.24) is 0 Å². The van der Waals surface area contributed by atoms with Crippen molar-refractivity contribution >= 4 is 11.9 Å². The molecule has 5 heteroatoms. The molecular weight excluding hydrogens is 741 g/mol. The lowest BCUT2D eigenvalue weighted by molar-refractivity contribution is -0.162. The molecule has 0 aliphatic heterocycles. The Hall–Kier alpha value is -2.66. The summed E-state index contributed by atoms with van der Waals surface area (Å²) in [6.07, 6.45) is 65.0. The molecule has 5 nitrogen and oxygen atoms in total. The highest BCUT2D eigenvalue weighted by molar-refractivity contribution is 5.71. The summed E-state index contributed by atoms with van der Waals surface area (Å²) >= 11 is 0. The van der Waals surface area contributed by atoms with Gasteiger partial charge in [0.25, 0.3) is 0 Å². The molecule has 0 aliphatic rings. The Bertz CT molecular complexity index is 1080. The summed E-state index contributed by atoms with van der Waals surface area (Å²) in [7, 11) is 0. The quantitative estimate of drug-likeness (QED) is 0.0347. The van der Waals surface area contributed by atoms with Gasteiger partial charge in [0.1, 0.15) is 6.61 Å². The van der Waals surface area contributed by atoms with Crippen molar-refractivity contribution in [3.05, 3.63) is 72.9 Å². The highest BCUT2D eigenvalue weighted by Gasteiger charge is 2.17. The number of rotatable bonds is 46. The molecular formula is C55H96O5. The monoisotopic (exact) mass is 837 g/mol. The van der Waals surface area contributed by atoms with Crippen LogP contribution in [0.5, 0.6) is 0 Å². The number of carbonyl (C=O) groups is 2. The molecule has 0 bridgehead atoms. The fraction of sp³-hybridized carbons (Fsp3) is 0.745. The molecule has 0 aromatic heterocycles. The molecule has 0 spiro atoms. The van der Waals surface area contributed by atoms with E-state index in [1.807, 2.05) is 12.2 Å². The van der Waals surface area contributed by atoms with E-state index >= 15 is 0 Å². The Labute approximate surface area is 372 Å². The summed E-state index contributed by atoms with van der Waals surface area (Å²) in [5.41, 5.74) is 0. The van der Waals surface area contributed by atoms with E-state index in [2.05, 4.69) is 81.5 Å². The fourth-order valence-electron chi connectivity index (χ4n) is 6.99. The van der Waals surface area contributed by atoms with Crippen LogP contribution in [-0.2, 0) is 23.8 Å². The summed E-state index contributed by atoms with van der Waals surface area (Å²) in [6, 6.07) is 0. The third-order valence-electron chi connectivity index (χ3n) is 10.8. The van der Waals surface area contributed by atoms with Crippen LogP contribution in [0.15, 0.2) is 72.9 Å². The van der Waals surface area contributed by atoms with E-state index in [4.69, 9.17) is 14.2 Å². The SMILES string of the molecule is CC/C=C\C/C=C\C/C=C\C/C=C\C/C=C\CC(=O)OC(COCCCCCCCCCCCCCC)COC(=O)CCCCCCCCC/C=C\CCCCCCCC. The fourth-order valence-corrected chi connectivity index (χ4v) is 6.99. The van der Waals surface area contributed by atoms with Gasteiger partial charge in [-0.25, -0.2) is 0 Å². The Morgan fingerprint density at radius 3 is 1.27 bits per heavy atom. The average Bonchev–Trinajstić information content (AvgIpc) is 3.25. The minimum atomic E-state index is -0.591. The van der Waals surface area contributed by atoms with Crippen molar-refractivity contribution in [3.8, 4) is 0 Å². The number of carbonyl (C=O) groups excluding carboxylic acids is 2. The Morgan fingerprint density at radius 1 is 0.400 bits per heavy atom. The van der Waals surface area contributed by atoms with Gasteiger partial charge in [0.2, 0.25) is 0 Å². The summed E-state index contributed by atoms with van der Waals surface area (Å²) in [4.78, 5) is 25.3. The smallest absolute Gasteiger partial charge is 0.310 e. The Morgan fingerprint density at radius 2 is 0.800 bits per heavy atom. The van der Waals surface area contributed by atoms with Gasteiger partial charge in [-0.3, -0.25) is 9.59 Å². The number of esters is 2. The van der Waals surface area contributed by atoms with Crippen LogP contribution in [0.3, 0.4) is 0 Å². The summed E-state index contributed by atoms with van der Waals surface area (Å²) in [5.74, 6) is -0.543. The molecule has 346 valence electrons. The molecule has 0 aromatic carbocycles. The molecule has 1 atom stereocenters. The summed E-state index contributed by atoms with van der Waals surface area (Å²) < 4.78 is 17.3. The van der Waals surface area contributed by atoms with E-state index in [1.165, 1.54) is 141 Å². The van der Waals surface area contributed by atoms with E-state index in [9.17, 15) is 9.59 Å². The van der Waals surface area contributed by atoms with E-state index in [-0.39, 0.29) is 31.6 Å². The molecule has 0 N–H and O–H groups in total. The van der Waals surface area contributed by atoms with Crippen LogP contribution in [0.2, 0.25) is 0 Å². The second-order valence-electron chi connectivity index (χ2n) is 16.7. The van der Waals surface area contributed by atoms with Crippen LogP contribution >= 0.6 is 0 Å². The molecule has 0 saturated heterocycles. The first-order valence-electron chi connectivity index (χ1n) is 25.5. The number of hydrogen-bond donors (Lipinski definition) is 0. The van der Waals surface area contributed by atoms with E-state index in [1.54, 1.807) is 0 Å². The van der Waals surface area contributed by atoms with Crippen molar-refractivity contribution < 1.29 is 23.8 Å². The van der Waals surface area contributed by atoms with Crippen LogP contribution in [0.25, 0.3) is 0 Å². The van der Waals surface area contributed by atoms with Gasteiger partial charge in [0, 0.05) is 13.0 Å². The Kier molecular flexibility index (Phi) is 48.4. The van der Waals surface area contributed by atoms with Gasteiger partial charge in [-0.2, -0.15) is 0 Å². The minimum Gasteiger partial charge on any atom is -0.462 e. The molecule has 0 aliphatic carbocycles. The lowest BCUT2D eigenvalue weighted by Crippen LogP contribution is -2.29. The first-order chi connectivity index (χ1) is 29.6. The van der Waals surface area contributed by atoms with Crippen LogP contribution in [0.1, 0.15) is 239 Å². The van der Waals surface area contributed by atoms with Gasteiger partial charge in [0.05, 0.1) is 13.0 Å². The zero-order valence-corrected chi connectivity index (χ0v) is 39.7. The van der Waals surface area contributed by atoms with Gasteiger partial charge in [-0.1, -0.05) is 229 Å². The van der Waals surface area contributed by atoms with Crippen LogP contribution in [0.4, 0.5) is 0 Å². The first-order valence-corrected chi connectivity index (χ1v) is 25.5. The number of ether oxygens (including phenoxy) is 3. The molecule has 0 radical (unpaired) electrons. The highest BCUT2D eigenvalue weighted by atomic mass is 16.6. The summed E-state index contributed by atoms with van der Waals surface area (Å²) in [5, 5.41) is 0. The van der Waals surface area contributed by atoms with Crippen molar-refractivity contribution in [2.24, 2.45) is 0 Å². The Balaban J connectivity index is 4.36. The average molecular weight is 837 g/mol. The summed E-state index contributed by atoms with van der Waals surface area (Å²) in [6.45, 7) is 7.61. The molecule has 60 heavy (non-hydrogen) atoms. The van der Waals surface area contributed by atoms with Gasteiger partial charge in [0.15, 0.2) is 6.10 Å². The van der Waals surface area contributed by atoms with Crippen molar-refractivity contribution in [2.45, 2.75) is 245 Å².